The van der Waals surface area contributed by atoms with Gasteiger partial charge in [0.25, 0.3) is 11.8 Å². The fraction of sp³-hybridized carbons (Fsp3) is 0.357. The van der Waals surface area contributed by atoms with Gasteiger partial charge in [0.05, 0.1) is 0 Å². The van der Waals surface area contributed by atoms with E-state index in [1.165, 1.54) is 7.05 Å². The molecule has 1 aliphatic rings. The smallest absolute Gasteiger partial charge is 0.253 e. The minimum Gasteiger partial charge on any atom is -0.326 e. The summed E-state index contributed by atoms with van der Waals surface area (Å²) in [5.74, 6) is -2.10. The van der Waals surface area contributed by atoms with Gasteiger partial charge in [-0.25, -0.2) is 0 Å². The highest BCUT2D eigenvalue weighted by molar-refractivity contribution is 6.08. The van der Waals surface area contributed by atoms with Crippen LogP contribution in [-0.2, 0) is 14.4 Å². The molecule has 1 heterocycles. The van der Waals surface area contributed by atoms with Crippen LogP contribution in [0.5, 0.6) is 0 Å². The lowest BCUT2D eigenvalue weighted by molar-refractivity contribution is -0.134. The third-order valence-corrected chi connectivity index (χ3v) is 3.49. The molecule has 0 bridgehead atoms. The molecule has 2 N–H and O–H groups in total. The van der Waals surface area contributed by atoms with Crippen molar-refractivity contribution in [1.29, 1.82) is 0 Å². The minimum atomic E-state index is -0.940. The Balaban J connectivity index is 2.05. The van der Waals surface area contributed by atoms with Gasteiger partial charge in [-0.2, -0.15) is 0 Å². The molecule has 1 aliphatic heterocycles. The molecule has 0 spiro atoms. The summed E-state index contributed by atoms with van der Waals surface area (Å²) in [4.78, 5) is 35.2. The molecule has 1 atom stereocenters. The third kappa shape index (κ3) is 2.64. The first kappa shape index (κ1) is 14.0. The Morgan fingerprint density at radius 1 is 1.35 bits per heavy atom. The highest BCUT2D eigenvalue weighted by Gasteiger charge is 2.38. The van der Waals surface area contributed by atoms with E-state index in [-0.39, 0.29) is 18.2 Å². The Bertz CT molecular complexity index is 583. The summed E-state index contributed by atoms with van der Waals surface area (Å²) in [7, 11) is 1.46. The van der Waals surface area contributed by atoms with E-state index in [1.54, 1.807) is 6.07 Å². The Labute approximate surface area is 117 Å². The van der Waals surface area contributed by atoms with E-state index in [1.807, 2.05) is 26.0 Å². The quantitative estimate of drug-likeness (QED) is 0.799. The van der Waals surface area contributed by atoms with E-state index in [0.29, 0.717) is 5.69 Å². The molecule has 1 aromatic carbocycles. The second-order valence-corrected chi connectivity index (χ2v) is 4.93. The average molecular weight is 275 g/mol. The van der Waals surface area contributed by atoms with E-state index in [0.717, 1.165) is 16.1 Å². The number of amides is 3. The fourth-order valence-electron chi connectivity index (χ4n) is 2.10. The fourth-order valence-corrected chi connectivity index (χ4v) is 2.10. The van der Waals surface area contributed by atoms with Crippen LogP contribution in [0.2, 0.25) is 0 Å². The maximum absolute atomic E-state index is 12.0. The lowest BCUT2D eigenvalue weighted by Crippen LogP contribution is -2.31. The third-order valence-electron chi connectivity index (χ3n) is 3.49. The zero-order valence-electron chi connectivity index (χ0n) is 11.7. The summed E-state index contributed by atoms with van der Waals surface area (Å²) >= 11 is 0. The number of carbonyl (C=O) groups is 3. The van der Waals surface area contributed by atoms with Gasteiger partial charge in [-0.05, 0) is 31.0 Å². The van der Waals surface area contributed by atoms with Crippen LogP contribution in [0, 0.1) is 19.8 Å². The van der Waals surface area contributed by atoms with Crippen LogP contribution in [0.15, 0.2) is 18.2 Å². The number of aryl methyl sites for hydroxylation is 1. The normalized spacial score (nSPS) is 18.1. The zero-order valence-corrected chi connectivity index (χ0v) is 11.7. The van der Waals surface area contributed by atoms with Crippen LogP contribution in [0.25, 0.3) is 0 Å². The number of benzene rings is 1. The standard InChI is InChI=1S/C14H17N3O3/c1-8-5-4-6-11(9(8)2)15-12(18)7-10-13(19)16-17(3)14(10)20/h4-6,10H,7H2,1-3H3,(H,15,18)(H,16,19). The van der Waals surface area contributed by atoms with Crippen molar-refractivity contribution < 1.29 is 14.4 Å². The molecule has 106 valence electrons. The van der Waals surface area contributed by atoms with Crippen LogP contribution >= 0.6 is 0 Å². The molecule has 1 fully saturated rings. The maximum Gasteiger partial charge on any atom is 0.253 e. The van der Waals surface area contributed by atoms with Crippen molar-refractivity contribution in [2.24, 2.45) is 5.92 Å². The van der Waals surface area contributed by atoms with E-state index < -0.39 is 11.8 Å². The molecule has 1 saturated heterocycles. The number of hydrogen-bond donors (Lipinski definition) is 2. The lowest BCUT2D eigenvalue weighted by atomic mass is 10.0. The van der Waals surface area contributed by atoms with Crippen LogP contribution in [0.1, 0.15) is 17.5 Å². The second-order valence-electron chi connectivity index (χ2n) is 4.93. The van der Waals surface area contributed by atoms with Gasteiger partial charge in [0.15, 0.2) is 0 Å². The number of nitrogens with one attached hydrogen (secondary N) is 2. The van der Waals surface area contributed by atoms with Gasteiger partial charge >= 0.3 is 0 Å². The summed E-state index contributed by atoms with van der Waals surface area (Å²) in [6, 6.07) is 5.59. The van der Waals surface area contributed by atoms with Crippen molar-refractivity contribution in [2.75, 3.05) is 12.4 Å². The zero-order chi connectivity index (χ0) is 14.9. The highest BCUT2D eigenvalue weighted by Crippen LogP contribution is 2.20. The molecule has 0 radical (unpaired) electrons. The topological polar surface area (TPSA) is 78.5 Å². The summed E-state index contributed by atoms with van der Waals surface area (Å²) in [6.45, 7) is 3.86. The molecule has 2 rings (SSSR count). The van der Waals surface area contributed by atoms with Crippen molar-refractivity contribution in [3.63, 3.8) is 0 Å². The first-order chi connectivity index (χ1) is 9.40. The van der Waals surface area contributed by atoms with Gasteiger partial charge in [0, 0.05) is 19.2 Å². The Kier molecular flexibility index (Phi) is 3.74. The van der Waals surface area contributed by atoms with Crippen LogP contribution < -0.4 is 10.7 Å². The molecular weight excluding hydrogens is 258 g/mol. The van der Waals surface area contributed by atoms with Crippen molar-refractivity contribution in [2.45, 2.75) is 20.3 Å². The monoisotopic (exact) mass is 275 g/mol. The molecule has 0 aromatic heterocycles. The van der Waals surface area contributed by atoms with Crippen molar-refractivity contribution in [3.8, 4) is 0 Å². The van der Waals surface area contributed by atoms with E-state index in [9.17, 15) is 14.4 Å². The van der Waals surface area contributed by atoms with Gasteiger partial charge in [0.1, 0.15) is 5.92 Å². The molecule has 20 heavy (non-hydrogen) atoms. The van der Waals surface area contributed by atoms with Gasteiger partial charge in [-0.15, -0.1) is 0 Å². The first-order valence-electron chi connectivity index (χ1n) is 6.34. The molecule has 3 amide bonds. The highest BCUT2D eigenvalue weighted by atomic mass is 16.2. The molecule has 6 heteroatoms. The number of hydrazine groups is 1. The molecular formula is C14H17N3O3. The number of hydrogen-bond acceptors (Lipinski definition) is 3. The van der Waals surface area contributed by atoms with E-state index in [2.05, 4.69) is 10.7 Å². The Hall–Kier alpha value is -2.37. The lowest BCUT2D eigenvalue weighted by Gasteiger charge is -2.11. The summed E-state index contributed by atoms with van der Waals surface area (Å²) in [5, 5.41) is 3.85. The average Bonchev–Trinajstić information content (AvgIpc) is 2.62. The molecule has 0 aliphatic carbocycles. The molecule has 0 saturated carbocycles. The van der Waals surface area contributed by atoms with Gasteiger partial charge < -0.3 is 5.32 Å². The van der Waals surface area contributed by atoms with Gasteiger partial charge in [-0.3, -0.25) is 24.8 Å². The second kappa shape index (κ2) is 5.32. The number of anilines is 1. The van der Waals surface area contributed by atoms with Gasteiger partial charge in [-0.1, -0.05) is 12.1 Å². The summed E-state index contributed by atoms with van der Waals surface area (Å²) in [5.41, 5.74) is 5.11. The largest absolute Gasteiger partial charge is 0.326 e. The number of rotatable bonds is 3. The summed E-state index contributed by atoms with van der Waals surface area (Å²) in [6.07, 6.45) is -0.150. The Morgan fingerprint density at radius 3 is 2.65 bits per heavy atom. The number of nitrogens with zero attached hydrogens (tertiary/aromatic N) is 1. The number of carbonyl (C=O) groups excluding carboxylic acids is 3. The van der Waals surface area contributed by atoms with Crippen molar-refractivity contribution in [1.82, 2.24) is 10.4 Å². The van der Waals surface area contributed by atoms with Gasteiger partial charge in [0.2, 0.25) is 5.91 Å². The molecule has 1 unspecified atom stereocenters. The van der Waals surface area contributed by atoms with Crippen molar-refractivity contribution >= 4 is 23.4 Å². The maximum atomic E-state index is 12.0. The molecule has 6 nitrogen and oxygen atoms in total. The SMILES string of the molecule is Cc1cccc(NC(=O)CC2C(=O)NN(C)C2=O)c1C. The van der Waals surface area contributed by atoms with Crippen LogP contribution in [0.4, 0.5) is 5.69 Å². The minimum absolute atomic E-state index is 0.150. The molecule has 1 aromatic rings. The van der Waals surface area contributed by atoms with Crippen LogP contribution in [-0.4, -0.2) is 29.8 Å². The first-order valence-corrected chi connectivity index (χ1v) is 6.34. The van der Waals surface area contributed by atoms with E-state index in [4.69, 9.17) is 0 Å². The predicted octanol–water partition coefficient (Wildman–Crippen LogP) is 0.751. The van der Waals surface area contributed by atoms with E-state index >= 15 is 0 Å². The predicted molar refractivity (Wildman–Crippen MR) is 73.6 cm³/mol. The Morgan fingerprint density at radius 2 is 2.05 bits per heavy atom. The van der Waals surface area contributed by atoms with Crippen molar-refractivity contribution in [3.05, 3.63) is 29.3 Å². The van der Waals surface area contributed by atoms with Crippen LogP contribution in [0.3, 0.4) is 0 Å². The summed E-state index contributed by atoms with van der Waals surface area (Å²) < 4.78 is 0.